The number of hydrogen-bond donors (Lipinski definition) is 0. The largest absolute Gasteiger partial charge is 0.345 e. The van der Waals surface area contributed by atoms with Crippen molar-refractivity contribution in [3.8, 4) is 10.4 Å². The van der Waals surface area contributed by atoms with Gasteiger partial charge in [0.2, 0.25) is 0 Å². The van der Waals surface area contributed by atoms with Crippen LogP contribution in [0.5, 0.6) is 0 Å². The zero-order valence-electron chi connectivity index (χ0n) is 10.9. The van der Waals surface area contributed by atoms with Crippen molar-refractivity contribution < 1.29 is 14.3 Å². The molecule has 0 N–H and O–H groups in total. The highest BCUT2D eigenvalue weighted by molar-refractivity contribution is 9.10. The number of hydrogen-bond acceptors (Lipinski definition) is 4. The van der Waals surface area contributed by atoms with Gasteiger partial charge in [0, 0.05) is 14.9 Å². The lowest BCUT2D eigenvalue weighted by atomic mass is 10.1. The summed E-state index contributed by atoms with van der Waals surface area (Å²) in [7, 11) is 0. The molecule has 0 bridgehead atoms. The molecule has 3 nitrogen and oxygen atoms in total. The first kappa shape index (κ1) is 13.9. The van der Waals surface area contributed by atoms with E-state index >= 15 is 0 Å². The van der Waals surface area contributed by atoms with Gasteiger partial charge in [-0.3, -0.25) is 4.79 Å². The van der Waals surface area contributed by atoms with Crippen LogP contribution >= 0.6 is 27.3 Å². The van der Waals surface area contributed by atoms with Crippen molar-refractivity contribution in [3.05, 3.63) is 45.2 Å². The lowest BCUT2D eigenvalue weighted by Gasteiger charge is -2.04. The molecule has 0 atom stereocenters. The molecule has 3 rings (SSSR count). The van der Waals surface area contributed by atoms with Gasteiger partial charge in [-0.05, 0) is 34.5 Å². The molecule has 2 heterocycles. The van der Waals surface area contributed by atoms with Crippen LogP contribution in [0.25, 0.3) is 10.4 Å². The number of ketones is 1. The topological polar surface area (TPSA) is 35.5 Å². The Morgan fingerprint density at radius 2 is 1.90 bits per heavy atom. The van der Waals surface area contributed by atoms with Crippen molar-refractivity contribution >= 4 is 33.0 Å². The van der Waals surface area contributed by atoms with Crippen molar-refractivity contribution in [1.82, 2.24) is 0 Å². The molecule has 1 fully saturated rings. The second kappa shape index (κ2) is 5.77. The summed E-state index contributed by atoms with van der Waals surface area (Å²) >= 11 is 5.22. The molecule has 1 aromatic carbocycles. The fourth-order valence-electron chi connectivity index (χ4n) is 2.08. The lowest BCUT2D eigenvalue weighted by Crippen LogP contribution is -1.93. The summed E-state index contributed by atoms with van der Waals surface area (Å²) in [5.41, 5.74) is 1.81. The van der Waals surface area contributed by atoms with Gasteiger partial charge in [0.05, 0.1) is 18.1 Å². The zero-order valence-corrected chi connectivity index (χ0v) is 13.3. The van der Waals surface area contributed by atoms with Gasteiger partial charge in [-0.15, -0.1) is 11.3 Å². The smallest absolute Gasteiger partial charge is 0.193 e. The fraction of sp³-hybridized carbons (Fsp3) is 0.267. The molecule has 0 saturated carbocycles. The summed E-state index contributed by atoms with van der Waals surface area (Å²) in [5, 5.41) is 0. The molecule has 1 aliphatic rings. The van der Waals surface area contributed by atoms with E-state index in [0.717, 1.165) is 25.4 Å². The van der Waals surface area contributed by atoms with E-state index in [-0.39, 0.29) is 12.1 Å². The molecule has 0 amide bonds. The minimum atomic E-state index is -0.249. The maximum atomic E-state index is 11.3. The summed E-state index contributed by atoms with van der Waals surface area (Å²) in [6, 6.07) is 9.67. The Balaban J connectivity index is 1.91. The first-order valence-electron chi connectivity index (χ1n) is 6.29. The molecule has 0 radical (unpaired) electrons. The van der Waals surface area contributed by atoms with E-state index in [1.807, 2.05) is 30.3 Å². The van der Waals surface area contributed by atoms with E-state index in [9.17, 15) is 4.79 Å². The van der Waals surface area contributed by atoms with Crippen molar-refractivity contribution in [1.29, 1.82) is 0 Å². The predicted molar refractivity (Wildman–Crippen MR) is 82.1 cm³/mol. The molecule has 5 heteroatoms. The van der Waals surface area contributed by atoms with Crippen LogP contribution in [0, 0.1) is 0 Å². The average molecular weight is 353 g/mol. The third-order valence-corrected chi connectivity index (χ3v) is 5.21. The Morgan fingerprint density at radius 3 is 2.50 bits per heavy atom. The highest BCUT2D eigenvalue weighted by Crippen LogP contribution is 2.40. The van der Waals surface area contributed by atoms with Gasteiger partial charge in [-0.1, -0.05) is 24.3 Å². The van der Waals surface area contributed by atoms with E-state index in [1.165, 1.54) is 0 Å². The Morgan fingerprint density at radius 1 is 1.25 bits per heavy atom. The SMILES string of the molecule is CC(=O)c1ccc(-c2sc(C3OCCO3)cc2Br)cc1. The van der Waals surface area contributed by atoms with E-state index in [2.05, 4.69) is 15.9 Å². The Labute approximate surface area is 129 Å². The second-order valence-corrected chi connectivity index (χ2v) is 6.47. The lowest BCUT2D eigenvalue weighted by molar-refractivity contribution is -0.0413. The quantitative estimate of drug-likeness (QED) is 0.766. The summed E-state index contributed by atoms with van der Waals surface area (Å²) < 4.78 is 12.1. The van der Waals surface area contributed by atoms with Crippen LogP contribution in [0.4, 0.5) is 0 Å². The standard InChI is InChI=1S/C15H13BrO3S/c1-9(17)10-2-4-11(5-3-10)14-12(16)8-13(20-14)15-18-6-7-19-15/h2-5,8,15H,6-7H2,1H3. The molecule has 0 unspecified atom stereocenters. The summed E-state index contributed by atoms with van der Waals surface area (Å²) in [4.78, 5) is 13.5. The van der Waals surface area contributed by atoms with Crippen molar-refractivity contribution in [3.63, 3.8) is 0 Å². The molecule has 1 saturated heterocycles. The van der Waals surface area contributed by atoms with E-state index in [4.69, 9.17) is 9.47 Å². The minimum absolute atomic E-state index is 0.0789. The van der Waals surface area contributed by atoms with Gasteiger partial charge in [-0.2, -0.15) is 0 Å². The van der Waals surface area contributed by atoms with Crippen molar-refractivity contribution in [2.45, 2.75) is 13.2 Å². The van der Waals surface area contributed by atoms with Gasteiger partial charge in [0.1, 0.15) is 0 Å². The number of carbonyl (C=O) groups excluding carboxylic acids is 1. The first-order chi connectivity index (χ1) is 9.65. The summed E-state index contributed by atoms with van der Waals surface area (Å²) in [5.74, 6) is 0.0789. The van der Waals surface area contributed by atoms with Gasteiger partial charge >= 0.3 is 0 Å². The van der Waals surface area contributed by atoms with Crippen molar-refractivity contribution in [2.75, 3.05) is 13.2 Å². The predicted octanol–water partition coefficient (Wildman–Crippen LogP) is 4.43. The van der Waals surface area contributed by atoms with Gasteiger partial charge in [-0.25, -0.2) is 0 Å². The number of halogens is 1. The fourth-order valence-corrected chi connectivity index (χ4v) is 4.00. The molecule has 104 valence electrons. The van der Waals surface area contributed by atoms with Crippen LogP contribution in [0.3, 0.4) is 0 Å². The monoisotopic (exact) mass is 352 g/mol. The van der Waals surface area contributed by atoms with E-state index < -0.39 is 0 Å². The summed E-state index contributed by atoms with van der Waals surface area (Å²) in [6.45, 7) is 2.86. The second-order valence-electron chi connectivity index (χ2n) is 4.53. The molecule has 0 aliphatic carbocycles. The van der Waals surface area contributed by atoms with Crippen LogP contribution in [-0.4, -0.2) is 19.0 Å². The Hall–Kier alpha value is -1.01. The summed E-state index contributed by atoms with van der Waals surface area (Å²) in [6.07, 6.45) is -0.249. The van der Waals surface area contributed by atoms with Crippen LogP contribution < -0.4 is 0 Å². The Bertz CT molecular complexity index is 627. The maximum absolute atomic E-state index is 11.3. The van der Waals surface area contributed by atoms with Crippen LogP contribution in [-0.2, 0) is 9.47 Å². The molecule has 2 aromatic rings. The molecular formula is C15H13BrO3S. The minimum Gasteiger partial charge on any atom is -0.345 e. The van der Waals surface area contributed by atoms with Crippen LogP contribution in [0.1, 0.15) is 28.4 Å². The van der Waals surface area contributed by atoms with E-state index in [0.29, 0.717) is 13.2 Å². The van der Waals surface area contributed by atoms with Gasteiger partial charge in [0.25, 0.3) is 0 Å². The van der Waals surface area contributed by atoms with E-state index in [1.54, 1.807) is 18.3 Å². The number of benzene rings is 1. The van der Waals surface area contributed by atoms with Crippen LogP contribution in [0.15, 0.2) is 34.8 Å². The maximum Gasteiger partial charge on any atom is 0.193 e. The third kappa shape index (κ3) is 2.72. The molecule has 0 spiro atoms. The first-order valence-corrected chi connectivity index (χ1v) is 7.90. The number of Topliss-reactive ketones (excluding diaryl/α,β-unsaturated/α-hetero) is 1. The highest BCUT2D eigenvalue weighted by Gasteiger charge is 2.22. The van der Waals surface area contributed by atoms with Crippen LogP contribution in [0.2, 0.25) is 0 Å². The average Bonchev–Trinajstić information content (AvgIpc) is 3.08. The Kier molecular flexibility index (Phi) is 4.03. The molecule has 1 aliphatic heterocycles. The number of thiophene rings is 1. The van der Waals surface area contributed by atoms with Crippen molar-refractivity contribution in [2.24, 2.45) is 0 Å². The zero-order chi connectivity index (χ0) is 14.1. The molecule has 1 aromatic heterocycles. The third-order valence-electron chi connectivity index (χ3n) is 3.11. The molecular weight excluding hydrogens is 340 g/mol. The highest BCUT2D eigenvalue weighted by atomic mass is 79.9. The number of carbonyl (C=O) groups is 1. The normalized spacial score (nSPS) is 15.7. The van der Waals surface area contributed by atoms with Gasteiger partial charge < -0.3 is 9.47 Å². The van der Waals surface area contributed by atoms with Gasteiger partial charge in [0.15, 0.2) is 12.1 Å². The number of rotatable bonds is 3. The molecule has 20 heavy (non-hydrogen) atoms. The number of ether oxygens (including phenoxy) is 2.